The molecule has 0 heterocycles. The molecular formula is C21H19N3O5S. The Bertz CT molecular complexity index is 1220. The van der Waals surface area contributed by atoms with E-state index in [0.29, 0.717) is 11.3 Å². The number of nitrogens with one attached hydrogen (secondary N) is 2. The number of anilines is 2. The number of benzene rings is 3. The van der Waals surface area contributed by atoms with Crippen molar-refractivity contribution in [3.05, 3.63) is 93.5 Å². The number of carbonyl (C=O) groups is 1. The molecule has 3 aromatic rings. The molecule has 0 aliphatic carbocycles. The van der Waals surface area contributed by atoms with Crippen LogP contribution in [0, 0.1) is 24.0 Å². The number of nitro groups is 1. The van der Waals surface area contributed by atoms with Crippen molar-refractivity contribution in [1.29, 1.82) is 0 Å². The third-order valence-electron chi connectivity index (χ3n) is 4.39. The van der Waals surface area contributed by atoms with Gasteiger partial charge in [-0.15, -0.1) is 0 Å². The summed E-state index contributed by atoms with van der Waals surface area (Å²) < 4.78 is 27.8. The van der Waals surface area contributed by atoms with Crippen molar-refractivity contribution in [1.82, 2.24) is 0 Å². The zero-order chi connectivity index (χ0) is 21.9. The predicted octanol–water partition coefficient (Wildman–Crippen LogP) is 4.26. The number of rotatable bonds is 6. The topological polar surface area (TPSA) is 118 Å². The fraction of sp³-hybridized carbons (Fsp3) is 0.0952. The van der Waals surface area contributed by atoms with Gasteiger partial charge in [-0.25, -0.2) is 8.42 Å². The number of sulfonamides is 1. The maximum Gasteiger partial charge on any atom is 0.271 e. The number of hydrogen-bond donors (Lipinski definition) is 2. The number of carbonyl (C=O) groups excluding carboxylic acids is 1. The van der Waals surface area contributed by atoms with E-state index >= 15 is 0 Å². The third-order valence-corrected chi connectivity index (χ3v) is 5.77. The van der Waals surface area contributed by atoms with Crippen LogP contribution in [0.1, 0.15) is 21.5 Å². The number of hydrogen-bond acceptors (Lipinski definition) is 5. The maximum atomic E-state index is 12.7. The first-order chi connectivity index (χ1) is 14.2. The predicted molar refractivity (Wildman–Crippen MR) is 114 cm³/mol. The number of aryl methyl sites for hydroxylation is 2. The van der Waals surface area contributed by atoms with Crippen LogP contribution in [0.2, 0.25) is 0 Å². The molecular weight excluding hydrogens is 406 g/mol. The lowest BCUT2D eigenvalue weighted by atomic mass is 10.1. The summed E-state index contributed by atoms with van der Waals surface area (Å²) in [6, 6.07) is 16.5. The molecule has 3 rings (SSSR count). The Hall–Kier alpha value is -3.72. The van der Waals surface area contributed by atoms with Gasteiger partial charge in [0.25, 0.3) is 21.6 Å². The van der Waals surface area contributed by atoms with Crippen molar-refractivity contribution in [2.45, 2.75) is 18.7 Å². The van der Waals surface area contributed by atoms with Crippen LogP contribution >= 0.6 is 0 Å². The summed E-state index contributed by atoms with van der Waals surface area (Å²) >= 11 is 0. The van der Waals surface area contributed by atoms with Gasteiger partial charge in [0, 0.05) is 23.4 Å². The molecule has 30 heavy (non-hydrogen) atoms. The van der Waals surface area contributed by atoms with Crippen molar-refractivity contribution in [3.63, 3.8) is 0 Å². The summed E-state index contributed by atoms with van der Waals surface area (Å²) in [5.41, 5.74) is 2.26. The summed E-state index contributed by atoms with van der Waals surface area (Å²) in [6.07, 6.45) is 0. The highest BCUT2D eigenvalue weighted by Crippen LogP contribution is 2.23. The van der Waals surface area contributed by atoms with Crippen LogP contribution in [-0.4, -0.2) is 19.2 Å². The Labute approximate surface area is 173 Å². The van der Waals surface area contributed by atoms with Gasteiger partial charge in [0.05, 0.1) is 15.5 Å². The first-order valence-corrected chi connectivity index (χ1v) is 10.4. The Kier molecular flexibility index (Phi) is 5.84. The lowest BCUT2D eigenvalue weighted by Crippen LogP contribution is -2.16. The minimum Gasteiger partial charge on any atom is -0.321 e. The van der Waals surface area contributed by atoms with Gasteiger partial charge in [-0.05, 0) is 49.7 Å². The largest absolute Gasteiger partial charge is 0.321 e. The molecule has 8 nitrogen and oxygen atoms in total. The number of nitro benzene ring substituents is 1. The lowest BCUT2D eigenvalue weighted by Gasteiger charge is -2.11. The van der Waals surface area contributed by atoms with E-state index in [1.807, 2.05) is 6.92 Å². The van der Waals surface area contributed by atoms with Crippen molar-refractivity contribution in [2.24, 2.45) is 0 Å². The first kappa shape index (κ1) is 21.0. The molecule has 2 N–H and O–H groups in total. The van der Waals surface area contributed by atoms with E-state index < -0.39 is 20.9 Å². The smallest absolute Gasteiger partial charge is 0.271 e. The van der Waals surface area contributed by atoms with E-state index in [1.165, 1.54) is 42.5 Å². The molecule has 0 aliphatic rings. The molecule has 0 unspecified atom stereocenters. The van der Waals surface area contributed by atoms with Gasteiger partial charge in [0.1, 0.15) is 0 Å². The summed E-state index contributed by atoms with van der Waals surface area (Å²) in [5.74, 6) is -0.578. The van der Waals surface area contributed by atoms with E-state index in [0.717, 1.165) is 5.56 Å². The van der Waals surface area contributed by atoms with Gasteiger partial charge in [-0.3, -0.25) is 19.6 Å². The van der Waals surface area contributed by atoms with Crippen molar-refractivity contribution < 1.29 is 18.1 Å². The van der Waals surface area contributed by atoms with Crippen LogP contribution in [0.3, 0.4) is 0 Å². The molecule has 0 saturated carbocycles. The van der Waals surface area contributed by atoms with Crippen LogP contribution in [-0.2, 0) is 10.0 Å². The molecule has 3 aromatic carbocycles. The lowest BCUT2D eigenvalue weighted by molar-refractivity contribution is -0.384. The van der Waals surface area contributed by atoms with Gasteiger partial charge in [0.2, 0.25) is 0 Å². The van der Waals surface area contributed by atoms with E-state index in [4.69, 9.17) is 0 Å². The fourth-order valence-electron chi connectivity index (χ4n) is 2.69. The molecule has 1 amide bonds. The normalized spacial score (nSPS) is 11.0. The molecule has 0 saturated heterocycles. The quantitative estimate of drug-likeness (QED) is 0.452. The van der Waals surface area contributed by atoms with Crippen molar-refractivity contribution in [3.8, 4) is 0 Å². The highest BCUT2D eigenvalue weighted by molar-refractivity contribution is 7.92. The molecule has 0 bridgehead atoms. The minimum absolute atomic E-state index is 0.0773. The standard InChI is InChI=1S/C21H19N3O5S/c1-14-6-9-17(10-7-14)23-30(28,29)19-5-3-4-16(12-19)21(25)22-20-13-18(24(26)27)11-8-15(20)2/h3-13,23H,1-2H3,(H,22,25). The molecule has 9 heteroatoms. The Balaban J connectivity index is 1.84. The molecule has 0 radical (unpaired) electrons. The Morgan fingerprint density at radius 1 is 0.967 bits per heavy atom. The van der Waals surface area contributed by atoms with Crippen LogP contribution in [0.25, 0.3) is 0 Å². The summed E-state index contributed by atoms with van der Waals surface area (Å²) in [5, 5.41) is 13.6. The highest BCUT2D eigenvalue weighted by atomic mass is 32.2. The summed E-state index contributed by atoms with van der Waals surface area (Å²) in [4.78, 5) is 23.0. The summed E-state index contributed by atoms with van der Waals surface area (Å²) in [7, 11) is -3.90. The third kappa shape index (κ3) is 4.81. The average molecular weight is 425 g/mol. The summed E-state index contributed by atoms with van der Waals surface area (Å²) in [6.45, 7) is 3.59. The fourth-order valence-corrected chi connectivity index (χ4v) is 3.80. The Morgan fingerprint density at radius 3 is 2.33 bits per heavy atom. The molecule has 0 atom stereocenters. The second-order valence-corrected chi connectivity index (χ2v) is 8.39. The van der Waals surface area contributed by atoms with E-state index in [9.17, 15) is 23.3 Å². The molecule has 0 fully saturated rings. The average Bonchev–Trinajstić information content (AvgIpc) is 2.71. The first-order valence-electron chi connectivity index (χ1n) is 8.92. The number of nitrogens with zero attached hydrogens (tertiary/aromatic N) is 1. The van der Waals surface area contributed by atoms with Crippen LogP contribution in [0.15, 0.2) is 71.6 Å². The zero-order valence-electron chi connectivity index (χ0n) is 16.2. The maximum absolute atomic E-state index is 12.7. The second kappa shape index (κ2) is 8.34. The van der Waals surface area contributed by atoms with Crippen molar-refractivity contribution >= 4 is 33.0 Å². The molecule has 0 spiro atoms. The van der Waals surface area contributed by atoms with Gasteiger partial charge < -0.3 is 5.32 Å². The highest BCUT2D eigenvalue weighted by Gasteiger charge is 2.18. The monoisotopic (exact) mass is 425 g/mol. The van der Waals surface area contributed by atoms with E-state index in [2.05, 4.69) is 10.0 Å². The van der Waals surface area contributed by atoms with Crippen LogP contribution < -0.4 is 10.0 Å². The molecule has 154 valence electrons. The van der Waals surface area contributed by atoms with E-state index in [1.54, 1.807) is 31.2 Å². The van der Waals surface area contributed by atoms with Gasteiger partial charge in [0.15, 0.2) is 0 Å². The second-order valence-electron chi connectivity index (χ2n) is 6.71. The van der Waals surface area contributed by atoms with Gasteiger partial charge >= 0.3 is 0 Å². The number of amides is 1. The molecule has 0 aliphatic heterocycles. The van der Waals surface area contributed by atoms with Gasteiger partial charge in [-0.2, -0.15) is 0 Å². The van der Waals surface area contributed by atoms with Crippen molar-refractivity contribution in [2.75, 3.05) is 10.0 Å². The SMILES string of the molecule is Cc1ccc(NS(=O)(=O)c2cccc(C(=O)Nc3cc([N+](=O)[O-])ccc3C)c2)cc1. The van der Waals surface area contributed by atoms with Crippen LogP contribution in [0.5, 0.6) is 0 Å². The van der Waals surface area contributed by atoms with Crippen LogP contribution in [0.4, 0.5) is 17.1 Å². The minimum atomic E-state index is -3.90. The van der Waals surface area contributed by atoms with Gasteiger partial charge in [-0.1, -0.05) is 29.8 Å². The van der Waals surface area contributed by atoms with E-state index in [-0.39, 0.29) is 21.8 Å². The molecule has 0 aromatic heterocycles. The Morgan fingerprint density at radius 2 is 1.67 bits per heavy atom. The number of non-ortho nitro benzene ring substituents is 1. The zero-order valence-corrected chi connectivity index (χ0v) is 17.1.